The van der Waals surface area contributed by atoms with Crippen LogP contribution in [-0.2, 0) is 75.2 Å². The summed E-state index contributed by atoms with van der Waals surface area (Å²) in [6, 6.07) is 16.5. The van der Waals surface area contributed by atoms with E-state index in [0.717, 1.165) is 22.3 Å². The molecule has 22 N–H and O–H groups in total. The molecule has 4 aromatic carbocycles. The number of nitrogens with two attached hydrogens (primary N) is 7. The van der Waals surface area contributed by atoms with Crippen LogP contribution in [0.1, 0.15) is 156 Å². The van der Waals surface area contributed by atoms with Crippen molar-refractivity contribution >= 4 is 94.5 Å². The Kier molecular flexibility index (Phi) is 32.0. The third kappa shape index (κ3) is 23.3. The summed E-state index contributed by atoms with van der Waals surface area (Å²) in [6.45, 7) is 4.57. The number of thioether (sulfide) groups is 1. The summed E-state index contributed by atoms with van der Waals surface area (Å²) < 4.78 is 0. The Hall–Kier alpha value is -10.5. The molecule has 4 aliphatic rings. The van der Waals surface area contributed by atoms with Crippen LogP contribution >= 0.6 is 11.8 Å². The summed E-state index contributed by atoms with van der Waals surface area (Å²) in [6.07, 6.45) is 3.91. The van der Waals surface area contributed by atoms with Gasteiger partial charge in [-0.1, -0.05) is 117 Å². The van der Waals surface area contributed by atoms with E-state index in [1.54, 1.807) is 36.4 Å². The van der Waals surface area contributed by atoms with Crippen LogP contribution in [0.3, 0.4) is 0 Å². The second kappa shape index (κ2) is 41.4. The van der Waals surface area contributed by atoms with Gasteiger partial charge in [0.15, 0.2) is 5.96 Å². The second-order valence-electron chi connectivity index (χ2n) is 29.1. The molecule has 2 fully saturated rings. The van der Waals surface area contributed by atoms with E-state index in [4.69, 9.17) is 40.1 Å². The minimum absolute atomic E-state index is 0.0664. The lowest BCUT2D eigenvalue weighted by Gasteiger charge is -2.32. The first-order chi connectivity index (χ1) is 52.7. The standard InChI is InChI=1S/C78H108N18O13S/c1-44(2)42-58(70(102)87-54(67(83)99)36-41-110-3)92-75(107)66(64-50-24-11-9-22-48(50)49-23-10-12-25-51(49)64)94-74(106)65(52-31-30-46-20-7-8-21-47(46)52)93-71(103)59(43-45-18-5-4-6-19-45)91-69(101)55(32-34-62(81)97)88-68(100)56(33-35-63(82)98)89-72(104)61-29-17-40-96(61)77(109)57(27-13-14-37-79)90-73(105)60-28-16-39-95(60)76(108)53(80)26-15-38-86-78(84)85/h4-12,18-25,44,52-61,64-66H,13-17,26-43,79-80H2,1-3H3,(H2,81,97)(H2,82,98)(H2,83,99)(H,87,102)(H,88,100)(H,89,104)(H,90,105)(H,91,101)(H,92,107)(H,93,103)(H,94,106)(H4,84,85,86)/t52-,53-,54-,55-,56-,57-,58-,59-,60-,61-,65-,66-/m0/s1. The minimum atomic E-state index is -1.68. The molecule has 0 aromatic heterocycles. The van der Waals surface area contributed by atoms with Crippen molar-refractivity contribution in [2.75, 3.05) is 38.2 Å². The number of benzene rings is 4. The lowest BCUT2D eigenvalue weighted by molar-refractivity contribution is -0.144. The number of aliphatic imine (C=N–C) groups is 1. The van der Waals surface area contributed by atoms with E-state index in [-0.39, 0.29) is 76.6 Å². The van der Waals surface area contributed by atoms with Crippen molar-refractivity contribution in [3.63, 3.8) is 0 Å². The number of nitrogens with zero attached hydrogens (tertiary/aromatic N) is 3. The predicted octanol–water partition coefficient (Wildman–Crippen LogP) is -0.0426. The maximum absolute atomic E-state index is 16.0. The molecule has 0 radical (unpaired) electrons. The van der Waals surface area contributed by atoms with Gasteiger partial charge in [-0.15, -0.1) is 0 Å². The number of aryl methyl sites for hydroxylation is 1. The zero-order chi connectivity index (χ0) is 79.7. The topological polar surface area (TPSA) is 519 Å². The fourth-order valence-electron chi connectivity index (χ4n) is 15.1. The molecule has 12 atom stereocenters. The third-order valence-electron chi connectivity index (χ3n) is 20.6. The summed E-state index contributed by atoms with van der Waals surface area (Å²) in [4.78, 5) is 193. The molecule has 0 unspecified atom stereocenters. The van der Waals surface area contributed by atoms with Gasteiger partial charge in [-0.05, 0) is 160 Å². The van der Waals surface area contributed by atoms with Gasteiger partial charge in [0.25, 0.3) is 0 Å². The maximum Gasteiger partial charge on any atom is 0.245 e. The Bertz CT molecular complexity index is 3930. The first-order valence-corrected chi connectivity index (χ1v) is 39.3. The maximum atomic E-state index is 16.0. The van der Waals surface area contributed by atoms with Gasteiger partial charge in [-0.2, -0.15) is 11.8 Å². The van der Waals surface area contributed by atoms with Gasteiger partial charge in [0.2, 0.25) is 76.8 Å². The van der Waals surface area contributed by atoms with Gasteiger partial charge < -0.3 is 92.5 Å². The van der Waals surface area contributed by atoms with Crippen LogP contribution in [0.15, 0.2) is 108 Å². The Labute approximate surface area is 645 Å². The third-order valence-corrected chi connectivity index (χ3v) is 21.3. The van der Waals surface area contributed by atoms with Crippen molar-refractivity contribution < 1.29 is 62.3 Å². The number of guanidine groups is 1. The average molecular weight is 1540 g/mol. The van der Waals surface area contributed by atoms with Crippen LogP contribution in [-0.4, -0.2) is 197 Å². The predicted molar refractivity (Wildman–Crippen MR) is 416 cm³/mol. The van der Waals surface area contributed by atoms with E-state index in [1.165, 1.54) is 21.6 Å². The monoisotopic (exact) mass is 1540 g/mol. The SMILES string of the molecule is CSCC[C@H](NC(=O)[C@H](CC(C)C)NC(=O)[C@@H](NC(=O)[C@@H](NC(=O)[C@H](Cc1ccccc1)NC(=O)[C@H](CCC(N)=O)NC(=O)[C@H](CCC(N)=O)NC(=O)[C@@H]1CCCN1C(=O)[C@H](CCCCN)NC(=O)[C@@H]1CCCN1C(=O)[C@@H](N)CCCN=C(N)N)[C@H]1CCc2ccccc21)C1c2ccccc2-c2ccccc21)C(N)=O. The molecule has 2 heterocycles. The van der Waals surface area contributed by atoms with Gasteiger partial charge in [0.05, 0.1) is 6.04 Å². The average Bonchev–Trinajstić information content (AvgIpc) is 1.59. The van der Waals surface area contributed by atoms with Crippen molar-refractivity contribution in [2.24, 2.45) is 51.0 Å². The lowest BCUT2D eigenvalue weighted by Crippen LogP contribution is -2.62. The molecule has 4 aromatic rings. The molecular formula is C78H108N18O13S. The largest absolute Gasteiger partial charge is 0.370 e. The number of amides is 13. The van der Waals surface area contributed by atoms with Crippen LogP contribution in [0.2, 0.25) is 0 Å². The Morgan fingerprint density at radius 2 is 1.00 bits per heavy atom. The molecular weight excluding hydrogens is 1430 g/mol. The molecule has 2 aliphatic carbocycles. The highest BCUT2D eigenvalue weighted by molar-refractivity contribution is 7.98. The molecule has 8 rings (SSSR count). The number of rotatable bonds is 42. The molecule has 0 spiro atoms. The molecule has 110 heavy (non-hydrogen) atoms. The number of primary amides is 3. The highest BCUT2D eigenvalue weighted by Crippen LogP contribution is 2.47. The molecule has 2 saturated heterocycles. The summed E-state index contributed by atoms with van der Waals surface area (Å²) in [5.41, 5.74) is 45.3. The van der Waals surface area contributed by atoms with Crippen molar-refractivity contribution in [3.8, 4) is 11.1 Å². The molecule has 0 saturated carbocycles. The van der Waals surface area contributed by atoms with Crippen molar-refractivity contribution in [3.05, 3.63) is 131 Å². The number of nitrogens with one attached hydrogen (secondary N) is 8. The number of unbranched alkanes of at least 4 members (excludes halogenated alkanes) is 1. The van der Waals surface area contributed by atoms with Crippen LogP contribution in [0.5, 0.6) is 0 Å². The number of carbonyl (C=O) groups is 13. The van der Waals surface area contributed by atoms with E-state index in [1.807, 2.05) is 86.8 Å². The van der Waals surface area contributed by atoms with Crippen molar-refractivity contribution in [1.29, 1.82) is 0 Å². The smallest absolute Gasteiger partial charge is 0.245 e. The van der Waals surface area contributed by atoms with E-state index in [2.05, 4.69) is 47.5 Å². The van der Waals surface area contributed by atoms with E-state index >= 15 is 19.2 Å². The summed E-state index contributed by atoms with van der Waals surface area (Å²) >= 11 is 1.46. The zero-order valence-corrected chi connectivity index (χ0v) is 63.6. The summed E-state index contributed by atoms with van der Waals surface area (Å²) in [5, 5.41) is 22.7. The first kappa shape index (κ1) is 85.1. The number of hydrogen-bond acceptors (Lipinski definition) is 17. The van der Waals surface area contributed by atoms with Gasteiger partial charge in [0, 0.05) is 50.7 Å². The van der Waals surface area contributed by atoms with Gasteiger partial charge in [-0.3, -0.25) is 67.3 Å². The van der Waals surface area contributed by atoms with Gasteiger partial charge in [-0.25, -0.2) is 0 Å². The quantitative estimate of drug-likeness (QED) is 0.0157. The van der Waals surface area contributed by atoms with E-state index in [0.29, 0.717) is 73.8 Å². The zero-order valence-electron chi connectivity index (χ0n) is 62.8. The number of carbonyl (C=O) groups excluding carboxylic acids is 13. The fraction of sp³-hybridized carbons (Fsp3) is 0.513. The molecule has 32 heteroatoms. The number of hydrogen-bond donors (Lipinski definition) is 15. The fourth-order valence-corrected chi connectivity index (χ4v) is 15.5. The molecule has 13 amide bonds. The Balaban J connectivity index is 1.06. The van der Waals surface area contributed by atoms with Crippen LogP contribution in [0.4, 0.5) is 0 Å². The normalized spacial score (nSPS) is 18.0. The number of likely N-dealkylation sites (tertiary alicyclic amines) is 2. The molecule has 0 bridgehead atoms. The summed E-state index contributed by atoms with van der Waals surface area (Å²) in [5.74, 6) is -11.4. The summed E-state index contributed by atoms with van der Waals surface area (Å²) in [7, 11) is 0. The van der Waals surface area contributed by atoms with Crippen molar-refractivity contribution in [2.45, 2.75) is 208 Å². The highest BCUT2D eigenvalue weighted by Gasteiger charge is 2.46. The molecule has 31 nitrogen and oxygen atoms in total. The minimum Gasteiger partial charge on any atom is -0.370 e. The molecule has 594 valence electrons. The van der Waals surface area contributed by atoms with Crippen LogP contribution in [0.25, 0.3) is 11.1 Å². The second-order valence-corrected chi connectivity index (χ2v) is 30.1. The van der Waals surface area contributed by atoms with Gasteiger partial charge in [0.1, 0.15) is 60.4 Å². The molecule has 2 aliphatic heterocycles. The number of fused-ring (bicyclic) bond motifs is 4. The lowest BCUT2D eigenvalue weighted by atomic mass is 9.87. The van der Waals surface area contributed by atoms with Crippen LogP contribution in [0, 0.1) is 5.92 Å². The van der Waals surface area contributed by atoms with Crippen molar-refractivity contribution in [1.82, 2.24) is 52.3 Å². The van der Waals surface area contributed by atoms with E-state index < -0.39 is 181 Å². The van der Waals surface area contributed by atoms with E-state index in [9.17, 15) is 43.2 Å². The first-order valence-electron chi connectivity index (χ1n) is 37.9. The Morgan fingerprint density at radius 3 is 1.57 bits per heavy atom. The highest BCUT2D eigenvalue weighted by atomic mass is 32.2. The van der Waals surface area contributed by atoms with Crippen LogP contribution < -0.4 is 82.7 Å². The Morgan fingerprint density at radius 1 is 0.500 bits per heavy atom. The van der Waals surface area contributed by atoms with Gasteiger partial charge >= 0.3 is 0 Å².